The van der Waals surface area contributed by atoms with Gasteiger partial charge in [0.15, 0.2) is 0 Å². The molecule has 2 aromatic carbocycles. The minimum Gasteiger partial charge on any atom is -0.490 e. The van der Waals surface area contributed by atoms with E-state index < -0.39 is 0 Å². The van der Waals surface area contributed by atoms with Crippen molar-refractivity contribution in [2.24, 2.45) is 0 Å². The normalized spacial score (nSPS) is 12.6. The molecule has 0 fully saturated rings. The van der Waals surface area contributed by atoms with Crippen LogP contribution in [0.5, 0.6) is 5.75 Å². The molecule has 0 aliphatic heterocycles. The number of benzene rings is 2. The number of hydrogen-bond acceptors (Lipinski definition) is 3. The average molecular weight is 273 g/mol. The lowest BCUT2D eigenvalue weighted by Crippen LogP contribution is -2.20. The summed E-state index contributed by atoms with van der Waals surface area (Å²) in [6, 6.07) is 12.7. The molecule has 3 nitrogen and oxygen atoms in total. The molecule has 0 aliphatic rings. The fourth-order valence-electron chi connectivity index (χ4n) is 2.38. The molecule has 0 bridgehead atoms. The average Bonchev–Trinajstić information content (AvgIpc) is 2.50. The van der Waals surface area contributed by atoms with Crippen LogP contribution in [0.3, 0.4) is 0 Å². The summed E-state index contributed by atoms with van der Waals surface area (Å²) < 4.78 is 5.81. The molecule has 1 atom stereocenters. The fourth-order valence-corrected chi connectivity index (χ4v) is 2.38. The van der Waals surface area contributed by atoms with Gasteiger partial charge in [-0.15, -0.1) is 0 Å². The van der Waals surface area contributed by atoms with Gasteiger partial charge < -0.3 is 15.2 Å². The molecule has 2 N–H and O–H groups in total. The Morgan fingerprint density at radius 3 is 2.75 bits per heavy atom. The quantitative estimate of drug-likeness (QED) is 0.813. The number of hydrogen-bond donors (Lipinski definition) is 2. The largest absolute Gasteiger partial charge is 0.490 e. The van der Waals surface area contributed by atoms with Crippen molar-refractivity contribution in [2.75, 3.05) is 19.8 Å². The molecule has 2 rings (SSSR count). The van der Waals surface area contributed by atoms with E-state index in [9.17, 15) is 0 Å². The van der Waals surface area contributed by atoms with E-state index in [0.29, 0.717) is 6.61 Å². The molecule has 0 aliphatic carbocycles. The van der Waals surface area contributed by atoms with E-state index in [0.717, 1.165) is 35.1 Å². The molecule has 0 radical (unpaired) electrons. The van der Waals surface area contributed by atoms with Gasteiger partial charge in [-0.2, -0.15) is 0 Å². The highest BCUT2D eigenvalue weighted by atomic mass is 16.5. The van der Waals surface area contributed by atoms with Crippen LogP contribution >= 0.6 is 0 Å². The predicted molar refractivity (Wildman–Crippen MR) is 83.2 cm³/mol. The van der Waals surface area contributed by atoms with Crippen molar-refractivity contribution in [3.05, 3.63) is 42.0 Å². The molecule has 3 heteroatoms. The zero-order valence-corrected chi connectivity index (χ0v) is 12.2. The molecule has 0 saturated carbocycles. The fraction of sp³-hybridized carbons (Fsp3) is 0.412. The molecular weight excluding hydrogens is 250 g/mol. The monoisotopic (exact) mass is 273 g/mol. The molecule has 0 spiro atoms. The van der Waals surface area contributed by atoms with Crippen LogP contribution < -0.4 is 10.1 Å². The lowest BCUT2D eigenvalue weighted by molar-refractivity contribution is 0.201. The maximum absolute atomic E-state index is 9.03. The van der Waals surface area contributed by atoms with E-state index in [2.05, 4.69) is 43.4 Å². The minimum absolute atomic E-state index is 0.0272. The molecule has 0 heterocycles. The van der Waals surface area contributed by atoms with Gasteiger partial charge in [-0.25, -0.2) is 0 Å². The summed E-state index contributed by atoms with van der Waals surface area (Å²) in [5.41, 5.74) is 1.14. The summed E-state index contributed by atoms with van der Waals surface area (Å²) in [7, 11) is 0. The van der Waals surface area contributed by atoms with Gasteiger partial charge in [-0.05, 0) is 25.3 Å². The maximum Gasteiger partial charge on any atom is 0.132 e. The maximum atomic E-state index is 9.03. The van der Waals surface area contributed by atoms with E-state index in [1.54, 1.807) is 0 Å². The summed E-state index contributed by atoms with van der Waals surface area (Å²) >= 11 is 0. The lowest BCUT2D eigenvalue weighted by atomic mass is 10.0. The Morgan fingerprint density at radius 1 is 1.20 bits per heavy atom. The van der Waals surface area contributed by atoms with Crippen LogP contribution in [-0.2, 0) is 0 Å². The number of aliphatic hydroxyl groups is 1. The highest BCUT2D eigenvalue weighted by Gasteiger charge is 2.14. The van der Waals surface area contributed by atoms with Crippen LogP contribution in [-0.4, -0.2) is 24.9 Å². The summed E-state index contributed by atoms with van der Waals surface area (Å²) in [4.78, 5) is 0. The van der Waals surface area contributed by atoms with Gasteiger partial charge >= 0.3 is 0 Å². The smallest absolute Gasteiger partial charge is 0.132 e. The van der Waals surface area contributed by atoms with Crippen LogP contribution in [0.2, 0.25) is 0 Å². The van der Waals surface area contributed by atoms with E-state index >= 15 is 0 Å². The minimum atomic E-state index is 0.0272. The number of ether oxygens (including phenoxy) is 1. The van der Waals surface area contributed by atoms with Crippen molar-refractivity contribution in [2.45, 2.75) is 26.3 Å². The van der Waals surface area contributed by atoms with Crippen LogP contribution in [0, 0.1) is 0 Å². The van der Waals surface area contributed by atoms with E-state index in [-0.39, 0.29) is 12.6 Å². The molecule has 0 saturated heterocycles. The van der Waals surface area contributed by atoms with Crippen LogP contribution in [0.1, 0.15) is 31.9 Å². The molecule has 108 valence electrons. The zero-order valence-electron chi connectivity index (χ0n) is 12.2. The first-order valence-electron chi connectivity index (χ1n) is 7.26. The Labute approximate surface area is 120 Å². The summed E-state index contributed by atoms with van der Waals surface area (Å²) in [5.74, 6) is 0.883. The zero-order chi connectivity index (χ0) is 14.4. The first-order chi connectivity index (χ1) is 9.77. The summed E-state index contributed by atoms with van der Waals surface area (Å²) in [6.45, 7) is 5.63. The third-order valence-electron chi connectivity index (χ3n) is 3.41. The van der Waals surface area contributed by atoms with Gasteiger partial charge in [0, 0.05) is 17.0 Å². The Bertz CT molecular complexity index is 554. The van der Waals surface area contributed by atoms with Crippen molar-refractivity contribution < 1.29 is 9.84 Å². The third-order valence-corrected chi connectivity index (χ3v) is 3.41. The van der Waals surface area contributed by atoms with Crippen LogP contribution in [0.4, 0.5) is 0 Å². The first-order valence-corrected chi connectivity index (χ1v) is 7.26. The molecule has 1 unspecified atom stereocenters. The van der Waals surface area contributed by atoms with Gasteiger partial charge in [0.2, 0.25) is 0 Å². The number of nitrogens with one attached hydrogen (secondary N) is 1. The van der Waals surface area contributed by atoms with Crippen molar-refractivity contribution in [1.29, 1.82) is 0 Å². The topological polar surface area (TPSA) is 41.5 Å². The van der Waals surface area contributed by atoms with Crippen molar-refractivity contribution >= 4 is 10.8 Å². The number of aliphatic hydroxyl groups excluding tert-OH is 1. The Kier molecular flexibility index (Phi) is 5.39. The van der Waals surface area contributed by atoms with Crippen LogP contribution in [0.15, 0.2) is 36.4 Å². The molecule has 2 aromatic rings. The highest BCUT2D eigenvalue weighted by molar-refractivity contribution is 5.89. The van der Waals surface area contributed by atoms with E-state index in [1.807, 2.05) is 12.1 Å². The van der Waals surface area contributed by atoms with Crippen molar-refractivity contribution in [3.8, 4) is 5.75 Å². The molecule has 20 heavy (non-hydrogen) atoms. The van der Waals surface area contributed by atoms with Crippen molar-refractivity contribution in [1.82, 2.24) is 5.32 Å². The van der Waals surface area contributed by atoms with Gasteiger partial charge in [0.05, 0.1) is 6.61 Å². The first kappa shape index (κ1) is 14.8. The molecule has 0 aromatic heterocycles. The lowest BCUT2D eigenvalue weighted by Gasteiger charge is -2.19. The van der Waals surface area contributed by atoms with Gasteiger partial charge in [0.1, 0.15) is 12.4 Å². The Balaban J connectivity index is 2.41. The number of fused-ring (bicyclic) bond motifs is 1. The second kappa shape index (κ2) is 7.27. The third kappa shape index (κ3) is 3.30. The second-order valence-electron chi connectivity index (χ2n) is 4.95. The van der Waals surface area contributed by atoms with Crippen molar-refractivity contribution in [3.63, 3.8) is 0 Å². The van der Waals surface area contributed by atoms with E-state index in [4.69, 9.17) is 9.84 Å². The summed E-state index contributed by atoms with van der Waals surface area (Å²) in [6.07, 6.45) is 1.10. The second-order valence-corrected chi connectivity index (χ2v) is 4.95. The van der Waals surface area contributed by atoms with Gasteiger partial charge in [-0.3, -0.25) is 0 Å². The number of rotatable bonds is 7. The predicted octanol–water partition coefficient (Wildman–Crippen LogP) is 3.27. The molecule has 0 amide bonds. The highest BCUT2D eigenvalue weighted by Crippen LogP contribution is 2.33. The standard InChI is InChI=1S/C17H23NO2/c1-3-10-18-13(2)15-9-8-14-6-4-5-7-16(14)17(15)20-12-11-19/h4-9,13,18-19H,3,10-12H2,1-2H3. The Hall–Kier alpha value is -1.58. The van der Waals surface area contributed by atoms with Gasteiger partial charge in [-0.1, -0.05) is 43.3 Å². The van der Waals surface area contributed by atoms with Crippen LogP contribution in [0.25, 0.3) is 10.8 Å². The summed E-state index contributed by atoms with van der Waals surface area (Å²) in [5, 5.41) is 14.8. The van der Waals surface area contributed by atoms with Gasteiger partial charge in [0.25, 0.3) is 0 Å². The molecular formula is C17H23NO2. The van der Waals surface area contributed by atoms with E-state index in [1.165, 1.54) is 0 Å². The SMILES string of the molecule is CCCNC(C)c1ccc2ccccc2c1OCCO. The Morgan fingerprint density at radius 2 is 2.00 bits per heavy atom.